The Morgan fingerprint density at radius 1 is 1.03 bits per heavy atom. The average molecular weight is 541 g/mol. The van der Waals surface area contributed by atoms with E-state index in [4.69, 9.17) is 27.9 Å². The van der Waals surface area contributed by atoms with Crippen LogP contribution in [0.3, 0.4) is 0 Å². The number of piperazine rings is 1. The van der Waals surface area contributed by atoms with Crippen LogP contribution in [0.1, 0.15) is 19.3 Å². The molecule has 2 aromatic rings. The third-order valence-electron chi connectivity index (χ3n) is 6.81. The van der Waals surface area contributed by atoms with E-state index in [9.17, 15) is 13.2 Å². The molecule has 0 aliphatic carbocycles. The quantitative estimate of drug-likeness (QED) is 0.531. The van der Waals surface area contributed by atoms with Gasteiger partial charge in [0.05, 0.1) is 11.6 Å². The lowest BCUT2D eigenvalue weighted by atomic mass is 9.78. The second-order valence-corrected chi connectivity index (χ2v) is 12.2. The zero-order chi connectivity index (χ0) is 25.1. The second kappa shape index (κ2) is 11.0. The number of para-hydroxylation sites is 1. The minimum atomic E-state index is -3.88. The molecule has 2 aliphatic rings. The molecule has 0 saturated carbocycles. The van der Waals surface area contributed by atoms with Crippen LogP contribution in [0.4, 0.5) is 0 Å². The van der Waals surface area contributed by atoms with Gasteiger partial charge in [-0.3, -0.25) is 4.79 Å². The Bertz CT molecular complexity index is 1140. The minimum Gasteiger partial charge on any atom is -0.493 e. The molecule has 0 radical (unpaired) electrons. The van der Waals surface area contributed by atoms with E-state index in [0.717, 1.165) is 13.1 Å². The van der Waals surface area contributed by atoms with E-state index >= 15 is 0 Å². The van der Waals surface area contributed by atoms with E-state index in [0.29, 0.717) is 43.2 Å². The Hall–Kier alpha value is -1.84. The van der Waals surface area contributed by atoms with Crippen molar-refractivity contribution in [3.05, 3.63) is 58.6 Å². The van der Waals surface area contributed by atoms with Crippen molar-refractivity contribution in [1.29, 1.82) is 0 Å². The number of carbonyl (C=O) groups is 1. The number of hydrogen-bond acceptors (Lipinski definition) is 5. The van der Waals surface area contributed by atoms with Crippen molar-refractivity contribution in [1.82, 2.24) is 14.1 Å². The molecule has 10 heteroatoms. The van der Waals surface area contributed by atoms with Crippen molar-refractivity contribution in [3.63, 3.8) is 0 Å². The highest BCUT2D eigenvalue weighted by molar-refractivity contribution is 7.89. The van der Waals surface area contributed by atoms with Gasteiger partial charge in [0.2, 0.25) is 15.9 Å². The van der Waals surface area contributed by atoms with Crippen molar-refractivity contribution < 1.29 is 17.9 Å². The summed E-state index contributed by atoms with van der Waals surface area (Å²) in [6.07, 6.45) is 1.54. The van der Waals surface area contributed by atoms with Crippen LogP contribution in [0.25, 0.3) is 0 Å². The summed E-state index contributed by atoms with van der Waals surface area (Å²) >= 11 is 12.2. The monoisotopic (exact) mass is 539 g/mol. The smallest absolute Gasteiger partial charge is 0.244 e. The molecule has 0 aromatic heterocycles. The van der Waals surface area contributed by atoms with Crippen LogP contribution in [-0.2, 0) is 14.8 Å². The highest BCUT2D eigenvalue weighted by Gasteiger charge is 2.43. The first-order valence-corrected chi connectivity index (χ1v) is 14.0. The predicted molar refractivity (Wildman–Crippen MR) is 138 cm³/mol. The Labute approximate surface area is 217 Å². The Morgan fingerprint density at radius 3 is 2.43 bits per heavy atom. The number of ether oxygens (including phenoxy) is 1. The maximum atomic E-state index is 13.6. The Morgan fingerprint density at radius 2 is 1.74 bits per heavy atom. The van der Waals surface area contributed by atoms with E-state index in [-0.39, 0.29) is 35.4 Å². The van der Waals surface area contributed by atoms with Crippen LogP contribution in [0.5, 0.6) is 5.75 Å². The minimum absolute atomic E-state index is 0.0220. The molecule has 1 amide bonds. The summed E-state index contributed by atoms with van der Waals surface area (Å²) in [7, 11) is -1.83. The number of rotatable bonds is 7. The van der Waals surface area contributed by atoms with Gasteiger partial charge in [0, 0.05) is 56.1 Å². The van der Waals surface area contributed by atoms with E-state index in [1.165, 1.54) is 22.5 Å². The number of benzene rings is 2. The molecule has 0 spiro atoms. The molecule has 0 N–H and O–H groups in total. The molecule has 190 valence electrons. The first-order valence-electron chi connectivity index (χ1n) is 11.8. The molecule has 2 fully saturated rings. The number of halogens is 2. The zero-order valence-electron chi connectivity index (χ0n) is 19.8. The summed E-state index contributed by atoms with van der Waals surface area (Å²) in [5.41, 5.74) is -0.652. The van der Waals surface area contributed by atoms with Crippen LogP contribution in [0, 0.1) is 5.41 Å². The lowest BCUT2D eigenvalue weighted by molar-refractivity contribution is -0.136. The number of piperidine rings is 1. The van der Waals surface area contributed by atoms with E-state index < -0.39 is 15.4 Å². The lowest BCUT2D eigenvalue weighted by Crippen LogP contribution is -2.53. The fourth-order valence-electron chi connectivity index (χ4n) is 4.75. The predicted octanol–water partition coefficient (Wildman–Crippen LogP) is 4.01. The van der Waals surface area contributed by atoms with Gasteiger partial charge in [-0.2, -0.15) is 4.31 Å². The molecule has 2 aromatic carbocycles. The van der Waals surface area contributed by atoms with Crippen LogP contribution in [-0.4, -0.2) is 81.4 Å². The summed E-state index contributed by atoms with van der Waals surface area (Å²) in [5, 5.41) is 0.457. The molecular formula is C25H31Cl2N3O4S. The lowest BCUT2D eigenvalue weighted by Gasteiger charge is -2.43. The number of nitrogens with zero attached hydrogens (tertiary/aromatic N) is 3. The van der Waals surface area contributed by atoms with Gasteiger partial charge < -0.3 is 14.5 Å². The number of carbonyl (C=O) groups excluding carboxylic acids is 1. The van der Waals surface area contributed by atoms with Crippen molar-refractivity contribution >= 4 is 39.1 Å². The molecule has 7 nitrogen and oxygen atoms in total. The van der Waals surface area contributed by atoms with Gasteiger partial charge in [-0.1, -0.05) is 41.4 Å². The van der Waals surface area contributed by atoms with Crippen molar-refractivity contribution in [3.8, 4) is 5.75 Å². The fourth-order valence-corrected chi connectivity index (χ4v) is 7.08. The van der Waals surface area contributed by atoms with Gasteiger partial charge >= 0.3 is 0 Å². The average Bonchev–Trinajstić information content (AvgIpc) is 2.84. The summed E-state index contributed by atoms with van der Waals surface area (Å²) in [4.78, 5) is 17.5. The standard InChI is InChI=1S/C25H31Cl2N3O4S/c1-28-12-14-29(15-13-28)24(31)17-25(19-34-21-6-3-2-4-7-21)10-5-11-30(18-25)35(32,33)23-9-8-20(26)16-22(23)27/h2-4,6-9,16H,5,10-15,17-19H2,1H3/t25-/m0/s1. The number of hydrogen-bond donors (Lipinski definition) is 0. The van der Waals surface area contributed by atoms with Gasteiger partial charge in [-0.15, -0.1) is 0 Å². The SMILES string of the molecule is CN1CCN(C(=O)C[C@@]2(COc3ccccc3)CCCN(S(=O)(=O)c3ccc(Cl)cc3Cl)C2)CC1. The van der Waals surface area contributed by atoms with E-state index in [2.05, 4.69) is 4.90 Å². The third kappa shape index (κ3) is 6.30. The molecule has 4 rings (SSSR count). The number of sulfonamides is 1. The normalized spacial score (nSPS) is 22.2. The first-order chi connectivity index (χ1) is 16.7. The molecule has 0 unspecified atom stereocenters. The highest BCUT2D eigenvalue weighted by Crippen LogP contribution is 2.38. The Kier molecular flexibility index (Phi) is 8.28. The number of amides is 1. The van der Waals surface area contributed by atoms with Crippen molar-refractivity contribution in [2.75, 3.05) is 52.9 Å². The third-order valence-corrected chi connectivity index (χ3v) is 9.37. The van der Waals surface area contributed by atoms with Crippen molar-refractivity contribution in [2.24, 2.45) is 5.41 Å². The van der Waals surface area contributed by atoms with Gasteiger partial charge in [0.25, 0.3) is 0 Å². The fraction of sp³-hybridized carbons (Fsp3) is 0.480. The van der Waals surface area contributed by atoms with Gasteiger partial charge in [-0.05, 0) is 50.2 Å². The van der Waals surface area contributed by atoms with Crippen molar-refractivity contribution in [2.45, 2.75) is 24.2 Å². The van der Waals surface area contributed by atoms with Crippen LogP contribution < -0.4 is 4.74 Å². The zero-order valence-corrected chi connectivity index (χ0v) is 22.2. The highest BCUT2D eigenvalue weighted by atomic mass is 35.5. The van der Waals surface area contributed by atoms with Gasteiger partial charge in [-0.25, -0.2) is 8.42 Å². The summed E-state index contributed by atoms with van der Waals surface area (Å²) in [6, 6.07) is 13.8. The molecular weight excluding hydrogens is 509 g/mol. The van der Waals surface area contributed by atoms with Crippen LogP contribution >= 0.6 is 23.2 Å². The largest absolute Gasteiger partial charge is 0.493 e. The first kappa shape index (κ1) is 26.2. The summed E-state index contributed by atoms with van der Waals surface area (Å²) in [5.74, 6) is 0.734. The molecule has 35 heavy (non-hydrogen) atoms. The summed E-state index contributed by atoms with van der Waals surface area (Å²) in [6.45, 7) is 3.79. The van der Waals surface area contributed by atoms with Crippen LogP contribution in [0.2, 0.25) is 10.0 Å². The van der Waals surface area contributed by atoms with E-state index in [1.807, 2.05) is 42.3 Å². The maximum Gasteiger partial charge on any atom is 0.244 e. The molecule has 0 bridgehead atoms. The number of likely N-dealkylation sites (N-methyl/N-ethyl adjacent to an activating group) is 1. The maximum absolute atomic E-state index is 13.6. The van der Waals surface area contributed by atoms with Crippen LogP contribution in [0.15, 0.2) is 53.4 Å². The topological polar surface area (TPSA) is 70.2 Å². The Balaban J connectivity index is 1.58. The van der Waals surface area contributed by atoms with Gasteiger partial charge in [0.15, 0.2) is 0 Å². The van der Waals surface area contributed by atoms with E-state index in [1.54, 1.807) is 0 Å². The molecule has 1 atom stereocenters. The second-order valence-electron chi connectivity index (χ2n) is 9.48. The molecule has 2 saturated heterocycles. The molecule has 2 heterocycles. The van der Waals surface area contributed by atoms with Gasteiger partial charge in [0.1, 0.15) is 10.6 Å². The summed E-state index contributed by atoms with van der Waals surface area (Å²) < 4.78 is 34.7. The molecule has 2 aliphatic heterocycles.